The third-order valence-corrected chi connectivity index (χ3v) is 5.71. The zero-order chi connectivity index (χ0) is 19.4. The second-order valence-corrected chi connectivity index (χ2v) is 8.72. The largest absolute Gasteiger partial charge is 0.493 e. The first kappa shape index (κ1) is 19.4. The molecule has 7 heteroatoms. The van der Waals surface area contributed by atoms with E-state index in [4.69, 9.17) is 4.74 Å². The molecule has 2 aromatic rings. The van der Waals surface area contributed by atoms with E-state index in [0.717, 1.165) is 35.1 Å². The molecule has 1 aliphatic rings. The second-order valence-electron chi connectivity index (χ2n) is 6.70. The van der Waals surface area contributed by atoms with Crippen LogP contribution in [0.4, 0.5) is 0 Å². The van der Waals surface area contributed by atoms with Gasteiger partial charge in [0, 0.05) is 25.6 Å². The van der Waals surface area contributed by atoms with Crippen LogP contribution in [0.15, 0.2) is 47.4 Å². The maximum absolute atomic E-state index is 12.0. The van der Waals surface area contributed by atoms with Crippen LogP contribution in [0.5, 0.6) is 5.75 Å². The molecule has 1 amide bonds. The molecule has 0 saturated heterocycles. The lowest BCUT2D eigenvalue weighted by molar-refractivity contribution is -0.121. The summed E-state index contributed by atoms with van der Waals surface area (Å²) in [7, 11) is -3.21. The number of hydrogen-bond donors (Lipinski definition) is 2. The quantitative estimate of drug-likeness (QED) is 0.753. The first-order chi connectivity index (χ1) is 12.8. The van der Waals surface area contributed by atoms with E-state index in [9.17, 15) is 18.3 Å². The Balaban J connectivity index is 1.47. The fraction of sp³-hybridized carbons (Fsp3) is 0.350. The van der Waals surface area contributed by atoms with Crippen molar-refractivity contribution in [1.29, 1.82) is 0 Å². The summed E-state index contributed by atoms with van der Waals surface area (Å²) in [5.74, 6) is 0.697. The van der Waals surface area contributed by atoms with Gasteiger partial charge in [0.2, 0.25) is 5.91 Å². The number of hydrogen-bond acceptors (Lipinski definition) is 5. The van der Waals surface area contributed by atoms with Gasteiger partial charge in [0.1, 0.15) is 5.75 Å². The Hall–Kier alpha value is -2.38. The molecule has 6 nitrogen and oxygen atoms in total. The van der Waals surface area contributed by atoms with Crippen LogP contribution in [0.2, 0.25) is 0 Å². The number of rotatable bonds is 7. The molecule has 144 valence electrons. The smallest absolute Gasteiger partial charge is 0.220 e. The number of carbonyl (C=O) groups excluding carboxylic acids is 1. The van der Waals surface area contributed by atoms with Gasteiger partial charge in [-0.25, -0.2) is 8.42 Å². The average molecular weight is 389 g/mol. The van der Waals surface area contributed by atoms with Crippen LogP contribution in [0.1, 0.15) is 29.2 Å². The lowest BCUT2D eigenvalue weighted by atomic mass is 10.0. The monoisotopic (exact) mass is 389 g/mol. The molecule has 0 spiro atoms. The highest BCUT2D eigenvalue weighted by Gasteiger charge is 2.16. The van der Waals surface area contributed by atoms with Crippen LogP contribution < -0.4 is 10.1 Å². The molecule has 0 saturated carbocycles. The fourth-order valence-electron chi connectivity index (χ4n) is 2.99. The number of carbonyl (C=O) groups is 1. The SMILES string of the molecule is CS(=O)(=O)c1ccc(CCC(=O)NC[C@@H](O)c2ccc3c(c2)CCO3)cc1. The van der Waals surface area contributed by atoms with Crippen molar-refractivity contribution in [2.45, 2.75) is 30.3 Å². The molecular formula is C20H23NO5S. The van der Waals surface area contributed by atoms with Crippen LogP contribution in [0.3, 0.4) is 0 Å². The molecule has 1 heterocycles. The van der Waals surface area contributed by atoms with E-state index in [2.05, 4.69) is 5.32 Å². The topological polar surface area (TPSA) is 92.7 Å². The number of aliphatic hydroxyl groups excluding tert-OH is 1. The lowest BCUT2D eigenvalue weighted by Crippen LogP contribution is -2.28. The Morgan fingerprint density at radius 1 is 1.22 bits per heavy atom. The van der Waals surface area contributed by atoms with E-state index >= 15 is 0 Å². The van der Waals surface area contributed by atoms with Gasteiger partial charge in [0.25, 0.3) is 0 Å². The molecule has 1 aliphatic heterocycles. The second kappa shape index (κ2) is 8.10. The Bertz CT molecular complexity index is 922. The standard InChI is InChI=1S/C20H23NO5S/c1-27(24,25)17-6-2-14(3-7-17)4-9-20(23)21-13-18(22)15-5-8-19-16(12-15)10-11-26-19/h2-3,5-8,12,18,22H,4,9-11,13H2,1H3,(H,21,23)/t18-/m1/s1. The van der Waals surface area contributed by atoms with Crippen molar-refractivity contribution < 1.29 is 23.1 Å². The lowest BCUT2D eigenvalue weighted by Gasteiger charge is -2.13. The Kier molecular flexibility index (Phi) is 5.82. The predicted octanol–water partition coefficient (Wildman–Crippen LogP) is 1.81. The number of aliphatic hydroxyl groups is 1. The maximum Gasteiger partial charge on any atom is 0.220 e. The summed E-state index contributed by atoms with van der Waals surface area (Å²) in [6.45, 7) is 0.808. The highest BCUT2D eigenvalue weighted by molar-refractivity contribution is 7.90. The van der Waals surface area contributed by atoms with Crippen molar-refractivity contribution >= 4 is 15.7 Å². The molecule has 0 aromatic heterocycles. The average Bonchev–Trinajstić information content (AvgIpc) is 3.11. The Morgan fingerprint density at radius 3 is 2.67 bits per heavy atom. The third-order valence-electron chi connectivity index (χ3n) is 4.58. The van der Waals surface area contributed by atoms with Gasteiger partial charge < -0.3 is 15.2 Å². The summed E-state index contributed by atoms with van der Waals surface area (Å²) in [6, 6.07) is 12.1. The molecule has 2 aromatic carbocycles. The Labute approximate surface area is 159 Å². The zero-order valence-electron chi connectivity index (χ0n) is 15.1. The van der Waals surface area contributed by atoms with E-state index in [1.54, 1.807) is 24.3 Å². The van der Waals surface area contributed by atoms with Gasteiger partial charge in [0.05, 0.1) is 17.6 Å². The highest BCUT2D eigenvalue weighted by atomic mass is 32.2. The summed E-state index contributed by atoms with van der Waals surface area (Å²) < 4.78 is 28.3. The number of aryl methyl sites for hydroxylation is 1. The summed E-state index contributed by atoms with van der Waals surface area (Å²) >= 11 is 0. The summed E-state index contributed by atoms with van der Waals surface area (Å²) in [6.07, 6.45) is 1.99. The van der Waals surface area contributed by atoms with E-state index in [1.807, 2.05) is 18.2 Å². The number of fused-ring (bicyclic) bond motifs is 1. The molecule has 27 heavy (non-hydrogen) atoms. The minimum atomic E-state index is -3.21. The zero-order valence-corrected chi connectivity index (χ0v) is 16.0. The van der Waals surface area contributed by atoms with Gasteiger partial charge in [-0.1, -0.05) is 18.2 Å². The summed E-state index contributed by atoms with van der Waals surface area (Å²) in [5, 5.41) is 13.0. The van der Waals surface area contributed by atoms with Gasteiger partial charge >= 0.3 is 0 Å². The van der Waals surface area contributed by atoms with E-state index in [1.165, 1.54) is 0 Å². The molecule has 0 bridgehead atoms. The van der Waals surface area contributed by atoms with Gasteiger partial charge in [-0.15, -0.1) is 0 Å². The van der Waals surface area contributed by atoms with Crippen molar-refractivity contribution in [3.05, 3.63) is 59.2 Å². The van der Waals surface area contributed by atoms with Crippen molar-refractivity contribution in [2.75, 3.05) is 19.4 Å². The van der Waals surface area contributed by atoms with Gasteiger partial charge in [-0.2, -0.15) is 0 Å². The van der Waals surface area contributed by atoms with Crippen LogP contribution in [-0.4, -0.2) is 38.8 Å². The van der Waals surface area contributed by atoms with Crippen molar-refractivity contribution in [3.63, 3.8) is 0 Å². The van der Waals surface area contributed by atoms with Crippen LogP contribution >= 0.6 is 0 Å². The van der Waals surface area contributed by atoms with Crippen LogP contribution in [-0.2, 0) is 27.5 Å². The first-order valence-electron chi connectivity index (χ1n) is 8.82. The predicted molar refractivity (Wildman–Crippen MR) is 101 cm³/mol. The minimum Gasteiger partial charge on any atom is -0.493 e. The minimum absolute atomic E-state index is 0.144. The molecule has 0 fully saturated rings. The molecule has 0 aliphatic carbocycles. The first-order valence-corrected chi connectivity index (χ1v) is 10.7. The molecule has 1 atom stereocenters. The number of amides is 1. The van der Waals surface area contributed by atoms with Gasteiger partial charge in [0.15, 0.2) is 9.84 Å². The molecule has 3 rings (SSSR count). The van der Waals surface area contributed by atoms with Gasteiger partial charge in [-0.3, -0.25) is 4.79 Å². The van der Waals surface area contributed by atoms with Crippen molar-refractivity contribution in [1.82, 2.24) is 5.32 Å². The molecular weight excluding hydrogens is 366 g/mol. The molecule has 0 unspecified atom stereocenters. The summed E-state index contributed by atoms with van der Waals surface area (Å²) in [4.78, 5) is 12.3. The Morgan fingerprint density at radius 2 is 1.96 bits per heavy atom. The van der Waals surface area contributed by atoms with E-state index in [-0.39, 0.29) is 23.8 Å². The maximum atomic E-state index is 12.0. The van der Waals surface area contributed by atoms with Crippen molar-refractivity contribution in [3.8, 4) is 5.75 Å². The fourth-order valence-corrected chi connectivity index (χ4v) is 3.62. The van der Waals surface area contributed by atoms with Crippen LogP contribution in [0, 0.1) is 0 Å². The number of sulfone groups is 1. The number of ether oxygens (including phenoxy) is 1. The van der Waals surface area contributed by atoms with Crippen LogP contribution in [0.25, 0.3) is 0 Å². The number of benzene rings is 2. The summed E-state index contributed by atoms with van der Waals surface area (Å²) in [5.41, 5.74) is 2.73. The normalized spacial score (nSPS) is 14.3. The molecule has 2 N–H and O–H groups in total. The number of nitrogens with one attached hydrogen (secondary N) is 1. The van der Waals surface area contributed by atoms with E-state index < -0.39 is 15.9 Å². The highest BCUT2D eigenvalue weighted by Crippen LogP contribution is 2.28. The molecule has 0 radical (unpaired) electrons. The van der Waals surface area contributed by atoms with Crippen molar-refractivity contribution in [2.24, 2.45) is 0 Å². The third kappa shape index (κ3) is 5.08. The van der Waals surface area contributed by atoms with E-state index in [0.29, 0.717) is 13.0 Å². The van der Waals surface area contributed by atoms with Gasteiger partial charge in [-0.05, 0) is 47.4 Å².